The van der Waals surface area contributed by atoms with Crippen LogP contribution in [0.15, 0.2) is 12.1 Å². The van der Waals surface area contributed by atoms with Crippen molar-refractivity contribution in [3.05, 3.63) is 28.8 Å². The van der Waals surface area contributed by atoms with Crippen LogP contribution >= 0.6 is 0 Å². The lowest BCUT2D eigenvalue weighted by Gasteiger charge is -2.10. The highest BCUT2D eigenvalue weighted by Gasteiger charge is 2.11. The number of nitrogen functional groups attached to an aromatic ring is 1. The van der Waals surface area contributed by atoms with Crippen molar-refractivity contribution in [1.82, 2.24) is 5.32 Å². The lowest BCUT2D eigenvalue weighted by Crippen LogP contribution is -2.29. The predicted octanol–water partition coefficient (Wildman–Crippen LogP) is 0.660. The van der Waals surface area contributed by atoms with Gasteiger partial charge in [-0.2, -0.15) is 0 Å². The molecule has 6 heteroatoms. The number of hydrogen-bond donors (Lipinski definition) is 2. The smallest absolute Gasteiger partial charge is 0.251 e. The Morgan fingerprint density at radius 2 is 1.89 bits per heavy atom. The highest BCUT2D eigenvalue weighted by Crippen LogP contribution is 2.17. The number of aryl methyl sites for hydroxylation is 2. The summed E-state index contributed by atoms with van der Waals surface area (Å²) in [6.07, 6.45) is 1.13. The Hall–Kier alpha value is -1.56. The Labute approximate surface area is 107 Å². The van der Waals surface area contributed by atoms with Crippen molar-refractivity contribution in [3.63, 3.8) is 0 Å². The second-order valence-corrected chi connectivity index (χ2v) is 6.67. The number of nitrogens with two attached hydrogens (primary N) is 1. The highest BCUT2D eigenvalue weighted by atomic mass is 32.2. The van der Waals surface area contributed by atoms with Gasteiger partial charge in [0.25, 0.3) is 5.91 Å². The molecule has 100 valence electrons. The van der Waals surface area contributed by atoms with Crippen LogP contribution in [0.5, 0.6) is 0 Å². The molecule has 5 nitrogen and oxygen atoms in total. The zero-order valence-electron chi connectivity index (χ0n) is 10.8. The lowest BCUT2D eigenvalue weighted by molar-refractivity contribution is 0.0955. The molecule has 0 saturated carbocycles. The van der Waals surface area contributed by atoms with Gasteiger partial charge in [-0.25, -0.2) is 8.42 Å². The van der Waals surface area contributed by atoms with Crippen LogP contribution in [0.4, 0.5) is 5.69 Å². The minimum atomic E-state index is -3.07. The molecule has 18 heavy (non-hydrogen) atoms. The maximum atomic E-state index is 11.9. The molecule has 0 saturated heterocycles. The number of nitrogens with one attached hydrogen (secondary N) is 1. The quantitative estimate of drug-likeness (QED) is 0.787. The number of anilines is 1. The SMILES string of the molecule is Cc1cc(C)c(C(=O)NCCS(C)(=O)=O)cc1N. The van der Waals surface area contributed by atoms with Gasteiger partial charge in [0.1, 0.15) is 9.84 Å². The van der Waals surface area contributed by atoms with Gasteiger partial charge in [-0.3, -0.25) is 4.79 Å². The standard InChI is InChI=1S/C12H18N2O3S/c1-8-6-9(2)11(13)7-10(8)12(15)14-4-5-18(3,16)17/h6-7H,4-5,13H2,1-3H3,(H,14,15). The number of amides is 1. The molecule has 0 aromatic heterocycles. The van der Waals surface area contributed by atoms with Crippen LogP contribution in [0.1, 0.15) is 21.5 Å². The van der Waals surface area contributed by atoms with E-state index in [0.717, 1.165) is 17.4 Å². The number of carbonyl (C=O) groups excluding carboxylic acids is 1. The van der Waals surface area contributed by atoms with Gasteiger partial charge >= 0.3 is 0 Å². The van der Waals surface area contributed by atoms with Gasteiger partial charge in [0.2, 0.25) is 0 Å². The van der Waals surface area contributed by atoms with E-state index in [9.17, 15) is 13.2 Å². The van der Waals surface area contributed by atoms with E-state index in [-0.39, 0.29) is 18.2 Å². The summed E-state index contributed by atoms with van der Waals surface area (Å²) >= 11 is 0. The van der Waals surface area contributed by atoms with Crippen LogP contribution in [0.3, 0.4) is 0 Å². The van der Waals surface area contributed by atoms with Crippen LogP contribution in [0.2, 0.25) is 0 Å². The maximum Gasteiger partial charge on any atom is 0.251 e. The average molecular weight is 270 g/mol. The highest BCUT2D eigenvalue weighted by molar-refractivity contribution is 7.90. The van der Waals surface area contributed by atoms with E-state index in [0.29, 0.717) is 11.3 Å². The van der Waals surface area contributed by atoms with E-state index < -0.39 is 9.84 Å². The van der Waals surface area contributed by atoms with Gasteiger partial charge in [-0.1, -0.05) is 6.07 Å². The van der Waals surface area contributed by atoms with Crippen molar-refractivity contribution in [2.75, 3.05) is 24.3 Å². The summed E-state index contributed by atoms with van der Waals surface area (Å²) in [5.41, 5.74) is 8.51. The van der Waals surface area contributed by atoms with E-state index in [1.807, 2.05) is 19.9 Å². The molecule has 0 radical (unpaired) electrons. The molecule has 1 amide bonds. The van der Waals surface area contributed by atoms with Crippen LogP contribution in [0.25, 0.3) is 0 Å². The molecule has 3 N–H and O–H groups in total. The molecule has 1 aromatic rings. The Kier molecular flexibility index (Phi) is 4.34. The zero-order valence-corrected chi connectivity index (χ0v) is 11.6. The molecule has 0 aliphatic heterocycles. The van der Waals surface area contributed by atoms with E-state index in [4.69, 9.17) is 5.73 Å². The largest absolute Gasteiger partial charge is 0.398 e. The molecule has 0 unspecified atom stereocenters. The number of hydrogen-bond acceptors (Lipinski definition) is 4. The first kappa shape index (κ1) is 14.5. The third-order valence-electron chi connectivity index (χ3n) is 2.62. The first-order chi connectivity index (χ1) is 8.20. The number of rotatable bonds is 4. The molecule has 0 bridgehead atoms. The van der Waals surface area contributed by atoms with Crippen molar-refractivity contribution in [2.24, 2.45) is 0 Å². The Bertz CT molecular complexity index is 565. The zero-order chi connectivity index (χ0) is 13.9. The fourth-order valence-corrected chi connectivity index (χ4v) is 2.03. The van der Waals surface area contributed by atoms with Crippen molar-refractivity contribution < 1.29 is 13.2 Å². The van der Waals surface area contributed by atoms with Crippen LogP contribution in [0, 0.1) is 13.8 Å². The molecular weight excluding hydrogens is 252 g/mol. The molecule has 0 aliphatic rings. The maximum absolute atomic E-state index is 11.9. The molecule has 0 spiro atoms. The van der Waals surface area contributed by atoms with Crippen molar-refractivity contribution >= 4 is 21.4 Å². The summed E-state index contributed by atoms with van der Waals surface area (Å²) in [5, 5.41) is 2.57. The number of benzene rings is 1. The van der Waals surface area contributed by atoms with E-state index >= 15 is 0 Å². The first-order valence-electron chi connectivity index (χ1n) is 5.53. The summed E-state index contributed by atoms with van der Waals surface area (Å²) in [6, 6.07) is 3.45. The number of sulfone groups is 1. The third kappa shape index (κ3) is 4.03. The third-order valence-corrected chi connectivity index (χ3v) is 3.56. The van der Waals surface area contributed by atoms with Gasteiger partial charge < -0.3 is 11.1 Å². The Morgan fingerprint density at radius 3 is 2.44 bits per heavy atom. The van der Waals surface area contributed by atoms with Gasteiger partial charge in [-0.15, -0.1) is 0 Å². The monoisotopic (exact) mass is 270 g/mol. The second-order valence-electron chi connectivity index (χ2n) is 4.41. The molecule has 0 heterocycles. The normalized spacial score (nSPS) is 11.3. The van der Waals surface area contributed by atoms with E-state index in [1.165, 1.54) is 0 Å². The summed E-state index contributed by atoms with van der Waals surface area (Å²) in [6.45, 7) is 3.79. The predicted molar refractivity (Wildman–Crippen MR) is 72.4 cm³/mol. The summed E-state index contributed by atoms with van der Waals surface area (Å²) in [4.78, 5) is 11.9. The second kappa shape index (κ2) is 5.39. The van der Waals surface area contributed by atoms with Crippen molar-refractivity contribution in [1.29, 1.82) is 0 Å². The van der Waals surface area contributed by atoms with Crippen LogP contribution in [-0.4, -0.2) is 32.9 Å². The lowest BCUT2D eigenvalue weighted by atomic mass is 10.0. The fourth-order valence-electron chi connectivity index (χ4n) is 1.56. The van der Waals surface area contributed by atoms with E-state index in [2.05, 4.69) is 5.32 Å². The van der Waals surface area contributed by atoms with Gasteiger partial charge in [-0.05, 0) is 31.0 Å². The molecular formula is C12H18N2O3S. The Balaban J connectivity index is 2.76. The fraction of sp³-hybridized carbons (Fsp3) is 0.417. The first-order valence-corrected chi connectivity index (χ1v) is 7.59. The van der Waals surface area contributed by atoms with Crippen molar-refractivity contribution in [3.8, 4) is 0 Å². The number of carbonyl (C=O) groups is 1. The summed E-state index contributed by atoms with van der Waals surface area (Å²) < 4.78 is 21.9. The minimum absolute atomic E-state index is 0.0703. The van der Waals surface area contributed by atoms with Gasteiger partial charge in [0.05, 0.1) is 5.75 Å². The molecule has 0 fully saturated rings. The topological polar surface area (TPSA) is 89.3 Å². The van der Waals surface area contributed by atoms with Crippen molar-refractivity contribution in [2.45, 2.75) is 13.8 Å². The molecule has 0 atom stereocenters. The van der Waals surface area contributed by atoms with Gasteiger partial charge in [0.15, 0.2) is 0 Å². The summed E-state index contributed by atoms with van der Waals surface area (Å²) in [7, 11) is -3.07. The van der Waals surface area contributed by atoms with Crippen LogP contribution in [-0.2, 0) is 9.84 Å². The molecule has 1 aromatic carbocycles. The van der Waals surface area contributed by atoms with Gasteiger partial charge in [0, 0.05) is 24.1 Å². The molecule has 0 aliphatic carbocycles. The Morgan fingerprint density at radius 1 is 1.28 bits per heavy atom. The molecule has 1 rings (SSSR count). The average Bonchev–Trinajstić information content (AvgIpc) is 2.21. The van der Waals surface area contributed by atoms with E-state index in [1.54, 1.807) is 6.07 Å². The minimum Gasteiger partial charge on any atom is -0.398 e. The summed E-state index contributed by atoms with van der Waals surface area (Å²) in [5.74, 6) is -0.373. The van der Waals surface area contributed by atoms with Crippen LogP contribution < -0.4 is 11.1 Å².